The van der Waals surface area contributed by atoms with Crippen LogP contribution in [0, 0.1) is 11.6 Å². The number of carbonyl (C=O) groups is 1. The summed E-state index contributed by atoms with van der Waals surface area (Å²) in [5.74, 6) is -2.17. The molecule has 0 unspecified atom stereocenters. The highest BCUT2D eigenvalue weighted by Crippen LogP contribution is 2.25. The van der Waals surface area contributed by atoms with Gasteiger partial charge in [-0.25, -0.2) is 17.2 Å². The van der Waals surface area contributed by atoms with E-state index in [0.717, 1.165) is 16.4 Å². The predicted molar refractivity (Wildman–Crippen MR) is 99.7 cm³/mol. The normalized spacial score (nSPS) is 15.4. The van der Waals surface area contributed by atoms with E-state index in [9.17, 15) is 22.0 Å². The highest BCUT2D eigenvalue weighted by atomic mass is 35.5. The van der Waals surface area contributed by atoms with Crippen molar-refractivity contribution in [2.24, 2.45) is 0 Å². The van der Waals surface area contributed by atoms with Gasteiger partial charge in [-0.1, -0.05) is 17.7 Å². The summed E-state index contributed by atoms with van der Waals surface area (Å²) in [5.41, 5.74) is 0.0932. The van der Waals surface area contributed by atoms with Gasteiger partial charge in [-0.05, 0) is 30.3 Å². The maximum Gasteiger partial charge on any atom is 0.246 e. The van der Waals surface area contributed by atoms with Crippen LogP contribution in [-0.4, -0.2) is 44.9 Å². The fourth-order valence-electron chi connectivity index (χ4n) is 2.77. The van der Waals surface area contributed by atoms with E-state index in [-0.39, 0.29) is 49.0 Å². The summed E-state index contributed by atoms with van der Waals surface area (Å²) >= 11 is 5.90. The Labute approximate surface area is 166 Å². The van der Waals surface area contributed by atoms with Gasteiger partial charge in [-0.3, -0.25) is 4.79 Å². The van der Waals surface area contributed by atoms with Crippen LogP contribution < -0.4 is 5.32 Å². The van der Waals surface area contributed by atoms with Crippen molar-refractivity contribution < 1.29 is 26.7 Å². The Hall–Kier alpha value is -2.07. The first-order valence-electron chi connectivity index (χ1n) is 8.39. The summed E-state index contributed by atoms with van der Waals surface area (Å²) in [5, 5.41) is 2.55. The van der Waals surface area contributed by atoms with Crippen LogP contribution in [0.15, 0.2) is 41.3 Å². The fraction of sp³-hybridized carbons (Fsp3) is 0.278. The summed E-state index contributed by atoms with van der Waals surface area (Å²) in [6.45, 7) is 0.676. The van der Waals surface area contributed by atoms with Gasteiger partial charge in [0.2, 0.25) is 15.9 Å². The van der Waals surface area contributed by atoms with Crippen molar-refractivity contribution in [1.29, 1.82) is 0 Å². The van der Waals surface area contributed by atoms with Crippen molar-refractivity contribution in [2.45, 2.75) is 11.3 Å². The molecule has 0 spiro atoms. The molecule has 0 radical (unpaired) electrons. The van der Waals surface area contributed by atoms with Crippen molar-refractivity contribution in [3.63, 3.8) is 0 Å². The number of anilines is 1. The lowest BCUT2D eigenvalue weighted by molar-refractivity contribution is -0.115. The summed E-state index contributed by atoms with van der Waals surface area (Å²) in [6, 6.07) is 7.29. The minimum absolute atomic E-state index is 0.0185. The molecule has 0 atom stereocenters. The van der Waals surface area contributed by atoms with Gasteiger partial charge in [0.15, 0.2) is 0 Å². The molecular formula is C18H17ClF2N2O4S. The number of halogens is 3. The number of sulfonamides is 1. The Morgan fingerprint density at radius 2 is 1.86 bits per heavy atom. The molecule has 1 heterocycles. The quantitative estimate of drug-likeness (QED) is 0.791. The van der Waals surface area contributed by atoms with E-state index in [1.807, 2.05) is 0 Å². The number of benzene rings is 2. The van der Waals surface area contributed by atoms with Gasteiger partial charge in [-0.2, -0.15) is 4.31 Å². The SMILES string of the molecule is O=C(Cc1c(F)cccc1Cl)Nc1ccc(F)c(S(=O)(=O)N2CCOCC2)c1. The highest BCUT2D eigenvalue weighted by molar-refractivity contribution is 7.89. The van der Waals surface area contributed by atoms with Crippen LogP contribution in [0.3, 0.4) is 0 Å². The van der Waals surface area contributed by atoms with E-state index in [1.54, 1.807) is 0 Å². The molecule has 0 bridgehead atoms. The minimum atomic E-state index is -4.08. The summed E-state index contributed by atoms with van der Waals surface area (Å²) < 4.78 is 59.6. The molecule has 1 amide bonds. The Morgan fingerprint density at radius 1 is 1.14 bits per heavy atom. The van der Waals surface area contributed by atoms with Gasteiger partial charge in [0, 0.05) is 29.4 Å². The largest absolute Gasteiger partial charge is 0.379 e. The van der Waals surface area contributed by atoms with Gasteiger partial charge in [0.05, 0.1) is 19.6 Å². The molecule has 1 saturated heterocycles. The molecule has 0 aromatic heterocycles. The number of hydrogen-bond donors (Lipinski definition) is 1. The van der Waals surface area contributed by atoms with E-state index in [4.69, 9.17) is 16.3 Å². The third kappa shape index (κ3) is 4.49. The Morgan fingerprint density at radius 3 is 2.54 bits per heavy atom. The molecule has 1 fully saturated rings. The zero-order valence-corrected chi connectivity index (χ0v) is 16.2. The highest BCUT2D eigenvalue weighted by Gasteiger charge is 2.29. The molecule has 1 aliphatic rings. The van der Waals surface area contributed by atoms with Crippen molar-refractivity contribution in [3.8, 4) is 0 Å². The number of nitrogens with zero attached hydrogens (tertiary/aromatic N) is 1. The Balaban J connectivity index is 1.80. The zero-order valence-electron chi connectivity index (χ0n) is 14.6. The lowest BCUT2D eigenvalue weighted by atomic mass is 10.1. The molecule has 6 nitrogen and oxygen atoms in total. The third-order valence-corrected chi connectivity index (χ3v) is 6.47. The number of nitrogens with one attached hydrogen (secondary N) is 1. The summed E-state index contributed by atoms with van der Waals surface area (Å²) in [7, 11) is -4.08. The van der Waals surface area contributed by atoms with E-state index in [2.05, 4.69) is 5.32 Å². The molecule has 3 rings (SSSR count). The van der Waals surface area contributed by atoms with E-state index in [1.165, 1.54) is 24.3 Å². The van der Waals surface area contributed by atoms with Crippen LogP contribution >= 0.6 is 11.6 Å². The van der Waals surface area contributed by atoms with E-state index >= 15 is 0 Å². The lowest BCUT2D eigenvalue weighted by Gasteiger charge is -2.26. The van der Waals surface area contributed by atoms with Crippen molar-refractivity contribution in [3.05, 3.63) is 58.6 Å². The number of rotatable bonds is 5. The second kappa shape index (κ2) is 8.52. The van der Waals surface area contributed by atoms with Crippen LogP contribution in [-0.2, 0) is 26.0 Å². The molecule has 1 N–H and O–H groups in total. The molecule has 28 heavy (non-hydrogen) atoms. The smallest absolute Gasteiger partial charge is 0.246 e. The number of amides is 1. The molecule has 1 aliphatic heterocycles. The minimum Gasteiger partial charge on any atom is -0.379 e. The molecular weight excluding hydrogens is 414 g/mol. The molecule has 2 aromatic carbocycles. The standard InChI is InChI=1S/C18H17ClF2N2O4S/c19-14-2-1-3-15(20)13(14)11-18(24)22-12-4-5-16(21)17(10-12)28(25,26)23-6-8-27-9-7-23/h1-5,10H,6-9,11H2,(H,22,24). The maximum absolute atomic E-state index is 14.2. The zero-order chi connectivity index (χ0) is 20.3. The Bertz CT molecular complexity index is 975. The van der Waals surface area contributed by atoms with Crippen LogP contribution in [0.2, 0.25) is 5.02 Å². The number of carbonyl (C=O) groups excluding carboxylic acids is 1. The van der Waals surface area contributed by atoms with Crippen molar-refractivity contribution >= 4 is 33.2 Å². The molecule has 0 aliphatic carbocycles. The van der Waals surface area contributed by atoms with E-state index in [0.29, 0.717) is 0 Å². The first kappa shape index (κ1) is 20.7. The monoisotopic (exact) mass is 430 g/mol. The average molecular weight is 431 g/mol. The second-order valence-corrected chi connectivity index (χ2v) is 8.40. The molecule has 150 valence electrons. The third-order valence-electron chi connectivity index (χ3n) is 4.20. The molecule has 2 aromatic rings. The first-order valence-corrected chi connectivity index (χ1v) is 10.2. The van der Waals surface area contributed by atoms with Crippen LogP contribution in [0.25, 0.3) is 0 Å². The average Bonchev–Trinajstić information content (AvgIpc) is 2.67. The maximum atomic E-state index is 14.2. The van der Waals surface area contributed by atoms with E-state index < -0.39 is 32.5 Å². The fourth-order valence-corrected chi connectivity index (χ4v) is 4.50. The second-order valence-electron chi connectivity index (χ2n) is 6.09. The van der Waals surface area contributed by atoms with Crippen LogP contribution in [0.4, 0.5) is 14.5 Å². The van der Waals surface area contributed by atoms with Gasteiger partial charge in [-0.15, -0.1) is 0 Å². The van der Waals surface area contributed by atoms with Crippen molar-refractivity contribution in [1.82, 2.24) is 4.31 Å². The number of morpholine rings is 1. The number of ether oxygens (including phenoxy) is 1. The summed E-state index contributed by atoms with van der Waals surface area (Å²) in [4.78, 5) is 11.7. The number of hydrogen-bond acceptors (Lipinski definition) is 4. The lowest BCUT2D eigenvalue weighted by Crippen LogP contribution is -2.40. The summed E-state index contributed by atoms with van der Waals surface area (Å²) in [6.07, 6.45) is -0.353. The molecule has 0 saturated carbocycles. The van der Waals surface area contributed by atoms with Crippen LogP contribution in [0.5, 0.6) is 0 Å². The predicted octanol–water partition coefficient (Wildman–Crippen LogP) is 2.82. The van der Waals surface area contributed by atoms with Gasteiger partial charge in [0.25, 0.3) is 0 Å². The first-order chi connectivity index (χ1) is 13.3. The topological polar surface area (TPSA) is 75.7 Å². The molecule has 10 heteroatoms. The van der Waals surface area contributed by atoms with Crippen LogP contribution in [0.1, 0.15) is 5.56 Å². The van der Waals surface area contributed by atoms with Crippen molar-refractivity contribution in [2.75, 3.05) is 31.6 Å². The van der Waals surface area contributed by atoms with Gasteiger partial charge in [0.1, 0.15) is 16.5 Å². The van der Waals surface area contributed by atoms with Gasteiger partial charge >= 0.3 is 0 Å². The van der Waals surface area contributed by atoms with Gasteiger partial charge < -0.3 is 10.1 Å². The Kier molecular flexibility index (Phi) is 6.29.